The molecule has 0 amide bonds. The zero-order valence-corrected chi connectivity index (χ0v) is 22.6. The van der Waals surface area contributed by atoms with Gasteiger partial charge in [0.25, 0.3) is 0 Å². The maximum Gasteiger partial charge on any atom is 0.185 e. The predicted molar refractivity (Wildman–Crippen MR) is 155 cm³/mol. The minimum absolute atomic E-state index is 0. The van der Waals surface area contributed by atoms with Crippen molar-refractivity contribution in [3.05, 3.63) is 64.4 Å². The normalized spacial score (nSPS) is 10.7. The van der Waals surface area contributed by atoms with Gasteiger partial charge in [0.2, 0.25) is 0 Å². The van der Waals surface area contributed by atoms with Gasteiger partial charge in [-0.25, -0.2) is 9.97 Å². The molecule has 2 aromatic carbocycles. The summed E-state index contributed by atoms with van der Waals surface area (Å²) in [7, 11) is 0. The van der Waals surface area contributed by atoms with Gasteiger partial charge in [0.05, 0.1) is 5.52 Å². The molecule has 0 saturated heterocycles. The van der Waals surface area contributed by atoms with Crippen LogP contribution in [0.1, 0.15) is 62.4 Å². The van der Waals surface area contributed by atoms with Crippen molar-refractivity contribution in [1.29, 1.82) is 5.41 Å². The lowest BCUT2D eigenvalue weighted by atomic mass is 10.0. The van der Waals surface area contributed by atoms with Gasteiger partial charge in [-0.1, -0.05) is 62.6 Å². The number of nitrogens with zero attached hydrogens (tertiary/aromatic N) is 2. The predicted octanol–water partition coefficient (Wildman–Crippen LogP) is 6.88. The van der Waals surface area contributed by atoms with E-state index < -0.39 is 0 Å². The van der Waals surface area contributed by atoms with Crippen molar-refractivity contribution >= 4 is 71.2 Å². The largest absolute Gasteiger partial charge is 0.370 e. The second-order valence-electron chi connectivity index (χ2n) is 8.43. The van der Waals surface area contributed by atoms with Crippen molar-refractivity contribution in [1.82, 2.24) is 15.3 Å². The van der Waals surface area contributed by atoms with Crippen molar-refractivity contribution in [2.45, 2.75) is 45.4 Å². The molecule has 0 aliphatic heterocycles. The molecule has 5 N–H and O–H groups in total. The number of hydrogen-bond donors (Lipinski definition) is 4. The van der Waals surface area contributed by atoms with Crippen LogP contribution in [0.15, 0.2) is 42.5 Å². The number of guanidine groups is 1. The quantitative estimate of drug-likeness (QED) is 0.121. The van der Waals surface area contributed by atoms with Gasteiger partial charge in [-0.2, -0.15) is 0 Å². The van der Waals surface area contributed by atoms with Crippen LogP contribution < -0.4 is 16.4 Å². The molecule has 0 spiro atoms. The smallest absolute Gasteiger partial charge is 0.185 e. The van der Waals surface area contributed by atoms with Crippen molar-refractivity contribution in [3.8, 4) is 0 Å². The van der Waals surface area contributed by atoms with Crippen LogP contribution in [0.4, 0.5) is 5.82 Å². The van der Waals surface area contributed by atoms with Gasteiger partial charge in [-0.05, 0) is 60.2 Å². The van der Waals surface area contributed by atoms with Crippen LogP contribution >= 0.6 is 36.4 Å². The highest BCUT2D eigenvalue weighted by Gasteiger charge is 2.09. The highest BCUT2D eigenvalue weighted by Crippen LogP contribution is 2.26. The topological polar surface area (TPSA) is 99.7 Å². The van der Waals surface area contributed by atoms with Crippen LogP contribution in [-0.4, -0.2) is 29.0 Å². The first-order chi connectivity index (χ1) is 15.9. The fraction of sp³-hybridized carbons (Fsp3) is 0.346. The molecule has 0 bridgehead atoms. The number of fused-ring (bicyclic) bond motifs is 1. The van der Waals surface area contributed by atoms with E-state index in [1.165, 1.54) is 5.56 Å². The number of unbranched alkanes of at least 4 members (excludes halogenated alkanes) is 3. The second-order valence-corrected chi connectivity index (χ2v) is 8.86. The van der Waals surface area contributed by atoms with Crippen LogP contribution in [0.5, 0.6) is 0 Å². The van der Waals surface area contributed by atoms with Crippen molar-refractivity contribution in [2.75, 3.05) is 18.4 Å². The first kappa shape index (κ1) is 30.5. The second kappa shape index (κ2) is 15.5. The Bertz CT molecular complexity index is 1100. The van der Waals surface area contributed by atoms with E-state index in [0.29, 0.717) is 11.7 Å². The molecule has 0 aliphatic rings. The first-order valence-electron chi connectivity index (χ1n) is 11.5. The molecular weight excluding hydrogens is 503 g/mol. The average molecular weight is 538 g/mol. The van der Waals surface area contributed by atoms with Crippen molar-refractivity contribution < 1.29 is 0 Å². The molecular formula is C26H35Cl3N6. The maximum absolute atomic E-state index is 7.18. The molecule has 1 aromatic heterocycles. The van der Waals surface area contributed by atoms with E-state index >= 15 is 0 Å². The van der Waals surface area contributed by atoms with Crippen LogP contribution in [-0.2, 0) is 0 Å². The summed E-state index contributed by atoms with van der Waals surface area (Å²) >= 11 is 5.98. The Morgan fingerprint density at radius 2 is 1.66 bits per heavy atom. The van der Waals surface area contributed by atoms with E-state index in [1.807, 2.05) is 36.4 Å². The van der Waals surface area contributed by atoms with Gasteiger partial charge >= 0.3 is 0 Å². The van der Waals surface area contributed by atoms with E-state index in [4.69, 9.17) is 32.7 Å². The minimum atomic E-state index is 0. The summed E-state index contributed by atoms with van der Waals surface area (Å²) < 4.78 is 0. The highest BCUT2D eigenvalue weighted by atomic mass is 35.5. The standard InChI is InChI=1S/C26H33ClN6.2ClH/c1-18(2)20-10-13-23-22(17-20)25(30-15-5-3-4-6-16-31-26(28)29)33-24(32-23)14-9-19-7-11-21(27)12-8-19;;/h7-14,17-18H,3-6,15-16H2,1-2H3,(H4,28,29,31)(H,30,32,33);2*1H. The lowest BCUT2D eigenvalue weighted by Gasteiger charge is -2.12. The maximum atomic E-state index is 7.18. The molecule has 1 heterocycles. The third-order valence-electron chi connectivity index (χ3n) is 5.41. The Labute approximate surface area is 225 Å². The first-order valence-corrected chi connectivity index (χ1v) is 11.9. The van der Waals surface area contributed by atoms with Crippen molar-refractivity contribution in [2.24, 2.45) is 5.73 Å². The molecule has 0 unspecified atom stereocenters. The van der Waals surface area contributed by atoms with E-state index in [0.717, 1.165) is 66.1 Å². The zero-order chi connectivity index (χ0) is 23.6. The van der Waals surface area contributed by atoms with Crippen LogP contribution in [0.2, 0.25) is 5.02 Å². The van der Waals surface area contributed by atoms with E-state index in [1.54, 1.807) is 0 Å². The van der Waals surface area contributed by atoms with Gasteiger partial charge in [-0.15, -0.1) is 24.8 Å². The van der Waals surface area contributed by atoms with Gasteiger partial charge in [0.15, 0.2) is 11.8 Å². The number of benzene rings is 2. The molecule has 6 nitrogen and oxygen atoms in total. The summed E-state index contributed by atoms with van der Waals surface area (Å²) in [5, 5.41) is 15.3. The van der Waals surface area contributed by atoms with Gasteiger partial charge < -0.3 is 16.4 Å². The Kier molecular flexibility index (Phi) is 13.5. The molecule has 35 heavy (non-hydrogen) atoms. The summed E-state index contributed by atoms with van der Waals surface area (Å²) in [4.78, 5) is 9.58. The number of aromatic nitrogens is 2. The molecule has 9 heteroatoms. The lowest BCUT2D eigenvalue weighted by molar-refractivity contribution is 0.642. The summed E-state index contributed by atoms with van der Waals surface area (Å²) in [6.07, 6.45) is 8.19. The van der Waals surface area contributed by atoms with Gasteiger partial charge in [0.1, 0.15) is 5.82 Å². The van der Waals surface area contributed by atoms with Gasteiger partial charge in [-0.3, -0.25) is 5.41 Å². The van der Waals surface area contributed by atoms with E-state index in [9.17, 15) is 0 Å². The molecule has 0 atom stereocenters. The fourth-order valence-corrected chi connectivity index (χ4v) is 3.64. The number of nitrogens with one attached hydrogen (secondary N) is 3. The lowest BCUT2D eigenvalue weighted by Crippen LogP contribution is -2.30. The van der Waals surface area contributed by atoms with Crippen LogP contribution in [0.3, 0.4) is 0 Å². The monoisotopic (exact) mass is 536 g/mol. The molecule has 0 fully saturated rings. The molecule has 3 rings (SSSR count). The third kappa shape index (κ3) is 9.92. The third-order valence-corrected chi connectivity index (χ3v) is 5.66. The molecule has 190 valence electrons. The number of anilines is 1. The van der Waals surface area contributed by atoms with E-state index in [2.05, 4.69) is 42.7 Å². The highest BCUT2D eigenvalue weighted by molar-refractivity contribution is 6.30. The minimum Gasteiger partial charge on any atom is -0.370 e. The molecule has 3 aromatic rings. The fourth-order valence-electron chi connectivity index (χ4n) is 3.51. The SMILES string of the molecule is CC(C)c1ccc2nc(C=Cc3ccc(Cl)cc3)nc(NCCCCCCNC(=N)N)c2c1.Cl.Cl. The summed E-state index contributed by atoms with van der Waals surface area (Å²) in [6.45, 7) is 5.98. The molecule has 0 saturated carbocycles. The Balaban J connectivity index is 0.00000306. The van der Waals surface area contributed by atoms with Crippen LogP contribution in [0, 0.1) is 5.41 Å². The zero-order valence-electron chi connectivity index (χ0n) is 20.2. The Morgan fingerprint density at radius 1 is 0.971 bits per heavy atom. The Morgan fingerprint density at radius 3 is 2.31 bits per heavy atom. The number of halogens is 3. The summed E-state index contributed by atoms with van der Waals surface area (Å²) in [5.74, 6) is 2.02. The summed E-state index contributed by atoms with van der Waals surface area (Å²) in [5.41, 5.74) is 8.56. The van der Waals surface area contributed by atoms with Crippen molar-refractivity contribution in [3.63, 3.8) is 0 Å². The van der Waals surface area contributed by atoms with Crippen LogP contribution in [0.25, 0.3) is 23.1 Å². The number of hydrogen-bond acceptors (Lipinski definition) is 4. The number of nitrogens with two attached hydrogens (primary N) is 1. The molecule has 0 aliphatic carbocycles. The Hall–Kier alpha value is -2.54. The van der Waals surface area contributed by atoms with Gasteiger partial charge in [0, 0.05) is 23.5 Å². The average Bonchev–Trinajstić information content (AvgIpc) is 2.79. The summed E-state index contributed by atoms with van der Waals surface area (Å²) in [6, 6.07) is 14.1. The number of rotatable bonds is 11. The molecule has 0 radical (unpaired) electrons. The van der Waals surface area contributed by atoms with E-state index in [-0.39, 0.29) is 30.8 Å².